The van der Waals surface area contributed by atoms with Gasteiger partial charge >= 0.3 is 8.25 Å². The Morgan fingerprint density at radius 3 is 1.64 bits per heavy atom. The molecule has 0 aliphatic carbocycles. The van der Waals surface area contributed by atoms with Crippen LogP contribution in [0.25, 0.3) is 0 Å². The summed E-state index contributed by atoms with van der Waals surface area (Å²) < 4.78 is 16.7. The van der Waals surface area contributed by atoms with Gasteiger partial charge in [0.05, 0.1) is 5.60 Å². The minimum Gasteiger partial charge on any atom is -0.326 e. The van der Waals surface area contributed by atoms with E-state index in [9.17, 15) is 9.46 Å². The summed E-state index contributed by atoms with van der Waals surface area (Å²) >= 11 is 0. The smallest absolute Gasteiger partial charge is 0.317 e. The highest BCUT2D eigenvalue weighted by atomic mass is 31.1. The third-order valence-electron chi connectivity index (χ3n) is 4.08. The fraction of sp³-hybridized carbons (Fsp3) is 0.667. The van der Waals surface area contributed by atoms with Crippen LogP contribution in [0.5, 0.6) is 0 Å². The van der Waals surface area contributed by atoms with Crippen LogP contribution in [0, 0.1) is 0 Å². The Bertz CT molecular complexity index is 516. The third kappa shape index (κ3) is 4.44. The van der Waals surface area contributed by atoms with Gasteiger partial charge in [-0.1, -0.05) is 53.7 Å². The molecular weight excluding hydrogens is 295 g/mol. The SMILES string of the molecule is CC(C)c1cc(C(C)C)c(C(C)(C)O[PH](=O)O)c(C(C)C)c1. The van der Waals surface area contributed by atoms with Crippen molar-refractivity contribution in [1.29, 1.82) is 0 Å². The standard InChI is InChI=1S/C18H31O3P/c1-11(2)14-9-15(12(3)4)17(16(10-14)13(5)6)18(7,8)21-22(19)20/h9-13,22H,1-8H3,(H,19,20). The molecule has 0 aliphatic heterocycles. The molecule has 0 aromatic heterocycles. The van der Waals surface area contributed by atoms with E-state index in [2.05, 4.69) is 53.7 Å². The van der Waals surface area contributed by atoms with Gasteiger partial charge in [0.2, 0.25) is 0 Å². The number of benzene rings is 1. The van der Waals surface area contributed by atoms with Crippen LogP contribution in [-0.4, -0.2) is 4.89 Å². The van der Waals surface area contributed by atoms with E-state index in [0.717, 1.165) is 5.56 Å². The van der Waals surface area contributed by atoms with Crippen LogP contribution in [0.4, 0.5) is 0 Å². The van der Waals surface area contributed by atoms with Crippen LogP contribution >= 0.6 is 8.25 Å². The van der Waals surface area contributed by atoms with Crippen molar-refractivity contribution in [1.82, 2.24) is 0 Å². The Kier molecular flexibility index (Phi) is 6.44. The van der Waals surface area contributed by atoms with E-state index >= 15 is 0 Å². The summed E-state index contributed by atoms with van der Waals surface area (Å²) in [5.41, 5.74) is 4.02. The lowest BCUT2D eigenvalue weighted by Gasteiger charge is -2.33. The number of rotatable bonds is 6. The molecule has 0 radical (unpaired) electrons. The summed E-state index contributed by atoms with van der Waals surface area (Å²) in [6, 6.07) is 4.46. The summed E-state index contributed by atoms with van der Waals surface area (Å²) in [5, 5.41) is 0. The molecule has 0 saturated heterocycles. The molecule has 1 aromatic carbocycles. The molecule has 3 nitrogen and oxygen atoms in total. The molecule has 1 aromatic rings. The molecule has 0 aliphatic rings. The van der Waals surface area contributed by atoms with Crippen LogP contribution in [0.1, 0.15) is 95.4 Å². The first kappa shape index (κ1) is 19.4. The average molecular weight is 326 g/mol. The van der Waals surface area contributed by atoms with Gasteiger partial charge in [0.25, 0.3) is 0 Å². The molecule has 0 saturated carbocycles. The van der Waals surface area contributed by atoms with E-state index in [0.29, 0.717) is 17.8 Å². The van der Waals surface area contributed by atoms with Crippen molar-refractivity contribution >= 4 is 8.25 Å². The Morgan fingerprint density at radius 1 is 0.955 bits per heavy atom. The minimum absolute atomic E-state index is 0.329. The lowest BCUT2D eigenvalue weighted by Crippen LogP contribution is -2.24. The molecule has 0 amide bonds. The summed E-state index contributed by atoms with van der Waals surface area (Å²) in [4.78, 5) is 9.28. The zero-order chi connectivity index (χ0) is 17.2. The van der Waals surface area contributed by atoms with Crippen LogP contribution in [-0.2, 0) is 14.7 Å². The second-order valence-electron chi connectivity index (χ2n) is 7.42. The second kappa shape index (κ2) is 7.29. The van der Waals surface area contributed by atoms with Crippen molar-refractivity contribution in [3.63, 3.8) is 0 Å². The first-order valence-electron chi connectivity index (χ1n) is 8.07. The van der Waals surface area contributed by atoms with Crippen molar-refractivity contribution in [3.05, 3.63) is 34.4 Å². The van der Waals surface area contributed by atoms with E-state index in [1.807, 2.05) is 13.8 Å². The molecule has 1 N–H and O–H groups in total. The Morgan fingerprint density at radius 2 is 1.36 bits per heavy atom. The fourth-order valence-electron chi connectivity index (χ4n) is 2.92. The van der Waals surface area contributed by atoms with Crippen molar-refractivity contribution in [2.24, 2.45) is 0 Å². The summed E-state index contributed by atoms with van der Waals surface area (Å²) in [6.45, 7) is 16.8. The van der Waals surface area contributed by atoms with Gasteiger partial charge in [-0.3, -0.25) is 9.09 Å². The van der Waals surface area contributed by atoms with Crippen molar-refractivity contribution < 1.29 is 14.0 Å². The lowest BCUT2D eigenvalue weighted by atomic mass is 9.78. The van der Waals surface area contributed by atoms with Crippen LogP contribution < -0.4 is 0 Å². The number of hydrogen-bond donors (Lipinski definition) is 1. The van der Waals surface area contributed by atoms with Gasteiger partial charge in [-0.2, -0.15) is 0 Å². The molecule has 0 bridgehead atoms. The molecule has 1 unspecified atom stereocenters. The van der Waals surface area contributed by atoms with Gasteiger partial charge < -0.3 is 4.89 Å². The third-order valence-corrected chi connectivity index (χ3v) is 4.76. The molecule has 0 fully saturated rings. The molecule has 4 heteroatoms. The molecule has 126 valence electrons. The molecule has 22 heavy (non-hydrogen) atoms. The van der Waals surface area contributed by atoms with Gasteiger partial charge in [-0.15, -0.1) is 0 Å². The van der Waals surface area contributed by atoms with Gasteiger partial charge in [-0.25, -0.2) is 0 Å². The first-order valence-corrected chi connectivity index (χ1v) is 9.33. The van der Waals surface area contributed by atoms with Gasteiger partial charge in [0.1, 0.15) is 0 Å². The number of hydrogen-bond acceptors (Lipinski definition) is 2. The monoisotopic (exact) mass is 326 g/mol. The fourth-order valence-corrected chi connectivity index (χ4v) is 3.46. The van der Waals surface area contributed by atoms with E-state index in [-0.39, 0.29) is 0 Å². The van der Waals surface area contributed by atoms with Crippen LogP contribution in [0.2, 0.25) is 0 Å². The van der Waals surface area contributed by atoms with Crippen molar-refractivity contribution in [2.45, 2.75) is 78.7 Å². The van der Waals surface area contributed by atoms with Gasteiger partial charge in [0.15, 0.2) is 0 Å². The highest BCUT2D eigenvalue weighted by molar-refractivity contribution is 7.32. The Hall–Kier alpha value is -0.630. The van der Waals surface area contributed by atoms with Gasteiger partial charge in [0, 0.05) is 0 Å². The Labute approximate surface area is 136 Å². The highest BCUT2D eigenvalue weighted by Crippen LogP contribution is 2.43. The van der Waals surface area contributed by atoms with Crippen molar-refractivity contribution in [3.8, 4) is 0 Å². The summed E-state index contributed by atoms with van der Waals surface area (Å²) in [6.07, 6.45) is 0. The van der Waals surface area contributed by atoms with E-state index in [4.69, 9.17) is 4.52 Å². The lowest BCUT2D eigenvalue weighted by molar-refractivity contribution is 0.0999. The molecule has 0 spiro atoms. The predicted octanol–water partition coefficient (Wildman–Crippen LogP) is 5.69. The topological polar surface area (TPSA) is 46.5 Å². The van der Waals surface area contributed by atoms with Crippen LogP contribution in [0.15, 0.2) is 12.1 Å². The van der Waals surface area contributed by atoms with E-state index in [1.165, 1.54) is 16.7 Å². The molecule has 1 atom stereocenters. The summed E-state index contributed by atoms with van der Waals surface area (Å²) in [5.74, 6) is 1.11. The normalized spacial score (nSPS) is 14.2. The maximum Gasteiger partial charge on any atom is 0.317 e. The zero-order valence-corrected chi connectivity index (χ0v) is 16.2. The summed E-state index contributed by atoms with van der Waals surface area (Å²) in [7, 11) is -3.00. The largest absolute Gasteiger partial charge is 0.326 e. The average Bonchev–Trinajstić information content (AvgIpc) is 2.35. The molecule has 1 rings (SSSR count). The maximum atomic E-state index is 11.3. The second-order valence-corrected chi connectivity index (χ2v) is 8.15. The van der Waals surface area contributed by atoms with Crippen LogP contribution in [0.3, 0.4) is 0 Å². The first-order chi connectivity index (χ1) is 9.97. The molecule has 0 heterocycles. The van der Waals surface area contributed by atoms with E-state index in [1.54, 1.807) is 0 Å². The van der Waals surface area contributed by atoms with Gasteiger partial charge in [-0.05, 0) is 53.9 Å². The Balaban J connectivity index is 3.68. The zero-order valence-electron chi connectivity index (χ0n) is 15.2. The van der Waals surface area contributed by atoms with Crippen molar-refractivity contribution in [2.75, 3.05) is 0 Å². The molecular formula is C18H31O3P. The van der Waals surface area contributed by atoms with E-state index < -0.39 is 13.9 Å². The quantitative estimate of drug-likeness (QED) is 0.683. The predicted molar refractivity (Wildman–Crippen MR) is 94.0 cm³/mol. The maximum absolute atomic E-state index is 11.3. The minimum atomic E-state index is -3.00. The highest BCUT2D eigenvalue weighted by Gasteiger charge is 2.31.